The van der Waals surface area contributed by atoms with E-state index in [0.29, 0.717) is 24.9 Å². The van der Waals surface area contributed by atoms with Gasteiger partial charge in [0.2, 0.25) is 0 Å². The molecule has 2 fully saturated rings. The van der Waals surface area contributed by atoms with Crippen LogP contribution in [0.25, 0.3) is 0 Å². The smallest absolute Gasteiger partial charge is 0.279 e. The molecule has 0 amide bonds. The Hall–Kier alpha value is -0.170. The summed E-state index contributed by atoms with van der Waals surface area (Å²) in [6, 6.07) is -0.0980. The van der Waals surface area contributed by atoms with E-state index in [0.717, 1.165) is 25.7 Å². The highest BCUT2D eigenvalue weighted by Crippen LogP contribution is 2.30. The molecule has 1 atom stereocenters. The van der Waals surface area contributed by atoms with Crippen molar-refractivity contribution in [3.63, 3.8) is 0 Å². The van der Waals surface area contributed by atoms with Crippen molar-refractivity contribution >= 4 is 10.2 Å². The van der Waals surface area contributed by atoms with E-state index in [4.69, 9.17) is 5.73 Å². The Morgan fingerprint density at radius 1 is 1.28 bits per heavy atom. The Kier molecular flexibility index (Phi) is 4.64. The summed E-state index contributed by atoms with van der Waals surface area (Å²) in [4.78, 5) is 0. The number of rotatable bonds is 7. The van der Waals surface area contributed by atoms with E-state index >= 15 is 0 Å². The van der Waals surface area contributed by atoms with Gasteiger partial charge in [-0.15, -0.1) is 0 Å². The lowest BCUT2D eigenvalue weighted by atomic mass is 9.99. The van der Waals surface area contributed by atoms with Crippen LogP contribution in [0.5, 0.6) is 0 Å². The van der Waals surface area contributed by atoms with Crippen LogP contribution in [0.4, 0.5) is 0 Å². The Morgan fingerprint density at radius 2 is 1.89 bits per heavy atom. The fourth-order valence-electron chi connectivity index (χ4n) is 2.74. The third kappa shape index (κ3) is 3.66. The number of nitrogens with two attached hydrogens (primary N) is 1. The summed E-state index contributed by atoms with van der Waals surface area (Å²) in [5, 5.41) is 0. The standard InChI is InChI=1S/C12H25N3O2S/c1-15(9-10-6-7-10)18(16,17)14-12(8-13)11-4-2-3-5-11/h10-12,14H,2-9,13H2,1H3. The highest BCUT2D eigenvalue weighted by atomic mass is 32.2. The maximum absolute atomic E-state index is 12.2. The van der Waals surface area contributed by atoms with Crippen LogP contribution in [0.3, 0.4) is 0 Å². The molecule has 2 aliphatic rings. The molecular formula is C12H25N3O2S. The minimum absolute atomic E-state index is 0.0980. The molecule has 18 heavy (non-hydrogen) atoms. The normalized spacial score (nSPS) is 23.7. The van der Waals surface area contributed by atoms with Crippen LogP contribution in [0.1, 0.15) is 38.5 Å². The summed E-state index contributed by atoms with van der Waals surface area (Å²) in [5.74, 6) is 0.980. The minimum atomic E-state index is -3.36. The van der Waals surface area contributed by atoms with Crippen molar-refractivity contribution in [3.05, 3.63) is 0 Å². The first-order chi connectivity index (χ1) is 8.53. The average molecular weight is 275 g/mol. The SMILES string of the molecule is CN(CC1CC1)S(=O)(=O)NC(CN)C1CCCC1. The predicted octanol–water partition coefficient (Wildman–Crippen LogP) is 0.680. The Balaban J connectivity index is 1.91. The van der Waals surface area contributed by atoms with Gasteiger partial charge in [-0.3, -0.25) is 0 Å². The van der Waals surface area contributed by atoms with E-state index in [1.54, 1.807) is 7.05 Å². The molecule has 0 bridgehead atoms. The Morgan fingerprint density at radius 3 is 2.39 bits per heavy atom. The fraction of sp³-hybridized carbons (Fsp3) is 1.00. The van der Waals surface area contributed by atoms with Crippen LogP contribution < -0.4 is 10.5 Å². The molecule has 0 aromatic rings. The van der Waals surface area contributed by atoms with E-state index in [-0.39, 0.29) is 6.04 Å². The largest absolute Gasteiger partial charge is 0.329 e. The van der Waals surface area contributed by atoms with Gasteiger partial charge in [0.05, 0.1) is 0 Å². The van der Waals surface area contributed by atoms with Crippen molar-refractivity contribution in [2.45, 2.75) is 44.6 Å². The third-order valence-electron chi connectivity index (χ3n) is 4.15. The molecule has 0 saturated heterocycles. The van der Waals surface area contributed by atoms with E-state index in [1.165, 1.54) is 17.1 Å². The van der Waals surface area contributed by atoms with Gasteiger partial charge in [0.15, 0.2) is 0 Å². The molecule has 6 heteroatoms. The molecule has 2 rings (SSSR count). The summed E-state index contributed by atoms with van der Waals surface area (Å²) in [6.07, 6.45) is 6.89. The molecule has 0 aliphatic heterocycles. The van der Waals surface area contributed by atoms with Gasteiger partial charge < -0.3 is 5.73 Å². The van der Waals surface area contributed by atoms with Crippen molar-refractivity contribution in [2.75, 3.05) is 20.1 Å². The third-order valence-corrected chi connectivity index (χ3v) is 5.72. The second kappa shape index (κ2) is 5.86. The molecule has 106 valence electrons. The van der Waals surface area contributed by atoms with Crippen molar-refractivity contribution in [1.82, 2.24) is 9.03 Å². The zero-order valence-electron chi connectivity index (χ0n) is 11.1. The van der Waals surface area contributed by atoms with Gasteiger partial charge in [-0.1, -0.05) is 12.8 Å². The second-order valence-corrected chi connectivity index (χ2v) is 7.54. The minimum Gasteiger partial charge on any atom is -0.329 e. The quantitative estimate of drug-likeness (QED) is 0.717. The summed E-state index contributed by atoms with van der Waals surface area (Å²) in [6.45, 7) is 1.03. The molecule has 0 aromatic heterocycles. The number of hydrogen-bond donors (Lipinski definition) is 2. The monoisotopic (exact) mass is 275 g/mol. The molecule has 1 unspecified atom stereocenters. The molecule has 0 radical (unpaired) electrons. The van der Waals surface area contributed by atoms with Crippen molar-refractivity contribution in [2.24, 2.45) is 17.6 Å². The van der Waals surface area contributed by atoms with Crippen LogP contribution in [0.15, 0.2) is 0 Å². The summed E-state index contributed by atoms with van der Waals surface area (Å²) in [7, 11) is -1.71. The van der Waals surface area contributed by atoms with E-state index < -0.39 is 10.2 Å². The van der Waals surface area contributed by atoms with Gasteiger partial charge in [0.25, 0.3) is 10.2 Å². The maximum atomic E-state index is 12.2. The van der Waals surface area contributed by atoms with Crippen LogP contribution in [0.2, 0.25) is 0 Å². The van der Waals surface area contributed by atoms with Crippen LogP contribution in [-0.2, 0) is 10.2 Å². The molecule has 0 aromatic carbocycles. The highest BCUT2D eigenvalue weighted by molar-refractivity contribution is 7.87. The first-order valence-corrected chi connectivity index (χ1v) is 8.40. The van der Waals surface area contributed by atoms with Crippen molar-refractivity contribution in [1.29, 1.82) is 0 Å². The first kappa shape index (κ1) is 14.2. The number of nitrogens with zero attached hydrogens (tertiary/aromatic N) is 1. The van der Waals surface area contributed by atoms with Gasteiger partial charge in [-0.05, 0) is 37.5 Å². The van der Waals surface area contributed by atoms with Gasteiger partial charge in [0, 0.05) is 26.2 Å². The van der Waals surface area contributed by atoms with Crippen LogP contribution >= 0.6 is 0 Å². The van der Waals surface area contributed by atoms with Crippen molar-refractivity contribution < 1.29 is 8.42 Å². The Bertz CT molecular complexity index is 362. The van der Waals surface area contributed by atoms with Crippen LogP contribution in [-0.4, -0.2) is 38.9 Å². The fourth-order valence-corrected chi connectivity index (χ4v) is 4.00. The summed E-state index contributed by atoms with van der Waals surface area (Å²) < 4.78 is 28.6. The van der Waals surface area contributed by atoms with Gasteiger partial charge in [0.1, 0.15) is 0 Å². The highest BCUT2D eigenvalue weighted by Gasteiger charge is 2.32. The molecule has 0 spiro atoms. The predicted molar refractivity (Wildman–Crippen MR) is 72.2 cm³/mol. The lowest BCUT2D eigenvalue weighted by Gasteiger charge is -2.26. The molecule has 2 aliphatic carbocycles. The van der Waals surface area contributed by atoms with E-state index in [2.05, 4.69) is 4.72 Å². The molecule has 0 heterocycles. The molecular weight excluding hydrogens is 250 g/mol. The lowest BCUT2D eigenvalue weighted by Crippen LogP contribution is -2.49. The van der Waals surface area contributed by atoms with Gasteiger partial charge >= 0.3 is 0 Å². The maximum Gasteiger partial charge on any atom is 0.279 e. The Labute approximate surface area is 110 Å². The molecule has 5 nitrogen and oxygen atoms in total. The topological polar surface area (TPSA) is 75.4 Å². The lowest BCUT2D eigenvalue weighted by molar-refractivity contribution is 0.381. The molecule has 2 saturated carbocycles. The zero-order valence-corrected chi connectivity index (χ0v) is 12.0. The summed E-state index contributed by atoms with van der Waals surface area (Å²) >= 11 is 0. The number of hydrogen-bond acceptors (Lipinski definition) is 3. The summed E-state index contributed by atoms with van der Waals surface area (Å²) in [5.41, 5.74) is 5.73. The first-order valence-electron chi connectivity index (χ1n) is 6.96. The van der Waals surface area contributed by atoms with Crippen LogP contribution in [0, 0.1) is 11.8 Å². The molecule has 3 N–H and O–H groups in total. The zero-order chi connectivity index (χ0) is 13.2. The average Bonchev–Trinajstić information content (AvgIpc) is 2.97. The van der Waals surface area contributed by atoms with Gasteiger partial charge in [-0.25, -0.2) is 0 Å². The van der Waals surface area contributed by atoms with E-state index in [1.807, 2.05) is 0 Å². The van der Waals surface area contributed by atoms with E-state index in [9.17, 15) is 8.42 Å². The van der Waals surface area contributed by atoms with Crippen molar-refractivity contribution in [3.8, 4) is 0 Å². The number of nitrogens with one attached hydrogen (secondary N) is 1. The second-order valence-electron chi connectivity index (χ2n) is 5.73. The van der Waals surface area contributed by atoms with Gasteiger partial charge in [-0.2, -0.15) is 17.4 Å².